The Kier molecular flexibility index (Phi) is 6.16. The van der Waals surface area contributed by atoms with E-state index in [1.54, 1.807) is 19.1 Å². The first-order chi connectivity index (χ1) is 13.9. The van der Waals surface area contributed by atoms with Crippen LogP contribution in [0.4, 0.5) is 8.78 Å². The molecule has 7 nitrogen and oxygen atoms in total. The number of ether oxygens (including phenoxy) is 1. The number of aromatic nitrogens is 4. The number of rotatable bonds is 4. The molecule has 4 rings (SSSR count). The van der Waals surface area contributed by atoms with Crippen LogP contribution in [-0.2, 0) is 0 Å². The summed E-state index contributed by atoms with van der Waals surface area (Å²) in [6.45, 7) is 1.58. The van der Waals surface area contributed by atoms with Crippen LogP contribution in [-0.4, -0.2) is 32.7 Å². The van der Waals surface area contributed by atoms with E-state index < -0.39 is 17.6 Å². The van der Waals surface area contributed by atoms with Crippen LogP contribution in [0.25, 0.3) is 28.0 Å². The van der Waals surface area contributed by atoms with Crippen LogP contribution in [0.15, 0.2) is 42.6 Å². The number of aromatic carboxylic acids is 1. The first kappa shape index (κ1) is 21.8. The summed E-state index contributed by atoms with van der Waals surface area (Å²) in [7, 11) is 1.47. The van der Waals surface area contributed by atoms with Gasteiger partial charge in [-0.05, 0) is 31.2 Å². The van der Waals surface area contributed by atoms with E-state index in [0.717, 1.165) is 16.6 Å². The number of hydrogen-bond donors (Lipinski definition) is 0. The van der Waals surface area contributed by atoms with Gasteiger partial charge in [-0.1, -0.05) is 0 Å². The van der Waals surface area contributed by atoms with Crippen LogP contribution in [0.1, 0.15) is 16.2 Å². The zero-order chi connectivity index (χ0) is 20.7. The molecule has 0 radical (unpaired) electrons. The quantitative estimate of drug-likeness (QED) is 0.412. The largest absolute Gasteiger partial charge is 1.00 e. The van der Waals surface area contributed by atoms with Gasteiger partial charge in [0.05, 0.1) is 35.7 Å². The molecule has 0 saturated heterocycles. The van der Waals surface area contributed by atoms with Gasteiger partial charge in [-0.25, -0.2) is 23.3 Å². The Morgan fingerprint density at radius 1 is 1.17 bits per heavy atom. The van der Waals surface area contributed by atoms with Gasteiger partial charge in [-0.3, -0.25) is 0 Å². The summed E-state index contributed by atoms with van der Waals surface area (Å²) in [6.07, 6.45) is 1.47. The van der Waals surface area contributed by atoms with Crippen LogP contribution in [0.2, 0.25) is 0 Å². The molecule has 0 amide bonds. The molecule has 0 N–H and O–H groups in total. The predicted octanol–water partition coefficient (Wildman–Crippen LogP) is -0.579. The summed E-state index contributed by atoms with van der Waals surface area (Å²) >= 11 is 0. The molecule has 0 aliphatic carbocycles. The summed E-state index contributed by atoms with van der Waals surface area (Å²) in [4.78, 5) is 20.3. The smallest absolute Gasteiger partial charge is 0.543 e. The number of carbonyl (C=O) groups is 1. The molecule has 146 valence electrons. The van der Waals surface area contributed by atoms with Crippen LogP contribution < -0.4 is 39.4 Å². The standard InChI is InChI=1S/C20H14F2N4O3.Na/c1-10-18(13-5-4-12(21)7-14(13)22)19-24-15(8-16(20(27)28)26(19)25-10)11-3-6-17(29-2)23-9-11;/h3-9H,1-2H3,(H,27,28);/q;+1/p-1. The third-order valence-corrected chi connectivity index (χ3v) is 4.41. The zero-order valence-electron chi connectivity index (χ0n) is 16.3. The van der Waals surface area contributed by atoms with Crippen molar-refractivity contribution in [3.8, 4) is 28.3 Å². The normalized spacial score (nSPS) is 10.7. The minimum atomic E-state index is -1.48. The Labute approximate surface area is 191 Å². The molecule has 3 heterocycles. The number of fused-ring (bicyclic) bond motifs is 1. The monoisotopic (exact) mass is 418 g/mol. The average Bonchev–Trinajstić information content (AvgIpc) is 3.03. The summed E-state index contributed by atoms with van der Waals surface area (Å²) in [5.74, 6) is -2.64. The second-order valence-corrected chi connectivity index (χ2v) is 6.22. The number of benzene rings is 1. The van der Waals surface area contributed by atoms with Gasteiger partial charge in [-0.15, -0.1) is 0 Å². The summed E-state index contributed by atoms with van der Waals surface area (Å²) < 4.78 is 33.9. The Morgan fingerprint density at radius 2 is 1.93 bits per heavy atom. The number of carboxylic acid groups (broad SMARTS) is 1. The fourth-order valence-electron chi connectivity index (χ4n) is 3.08. The van der Waals surface area contributed by atoms with Gasteiger partial charge < -0.3 is 14.6 Å². The Morgan fingerprint density at radius 3 is 2.53 bits per heavy atom. The van der Waals surface area contributed by atoms with Crippen molar-refractivity contribution in [3.05, 3.63) is 65.6 Å². The van der Waals surface area contributed by atoms with Crippen LogP contribution in [0.3, 0.4) is 0 Å². The van der Waals surface area contributed by atoms with Crippen LogP contribution in [0, 0.1) is 18.6 Å². The number of carbonyl (C=O) groups excluding carboxylic acids is 1. The molecular weight excluding hydrogens is 405 g/mol. The molecule has 0 saturated carbocycles. The van der Waals surface area contributed by atoms with Crippen LogP contribution >= 0.6 is 0 Å². The van der Waals surface area contributed by atoms with E-state index in [4.69, 9.17) is 4.74 Å². The van der Waals surface area contributed by atoms with Crippen molar-refractivity contribution in [2.24, 2.45) is 0 Å². The number of hydrogen-bond acceptors (Lipinski definition) is 6. The number of halogens is 2. The number of aryl methyl sites for hydroxylation is 1. The molecule has 10 heteroatoms. The molecule has 0 aliphatic rings. The first-order valence-corrected chi connectivity index (χ1v) is 8.46. The maximum absolute atomic E-state index is 14.4. The molecule has 0 fully saturated rings. The molecule has 0 bridgehead atoms. The number of methoxy groups -OCH3 is 1. The summed E-state index contributed by atoms with van der Waals surface area (Å²) in [5.41, 5.74) is 1.26. The molecule has 0 unspecified atom stereocenters. The van der Waals surface area contributed by atoms with Gasteiger partial charge in [0.15, 0.2) is 5.65 Å². The van der Waals surface area contributed by atoms with E-state index in [1.807, 2.05) is 0 Å². The second-order valence-electron chi connectivity index (χ2n) is 6.22. The van der Waals surface area contributed by atoms with Gasteiger partial charge in [-0.2, -0.15) is 5.10 Å². The molecular formula is C20H13F2N4NaO3. The molecule has 3 aromatic heterocycles. The third kappa shape index (κ3) is 3.79. The first-order valence-electron chi connectivity index (χ1n) is 8.46. The van der Waals surface area contributed by atoms with Gasteiger partial charge >= 0.3 is 29.6 Å². The molecule has 30 heavy (non-hydrogen) atoms. The molecule has 1 aromatic carbocycles. The minimum Gasteiger partial charge on any atom is -0.543 e. The van der Waals surface area contributed by atoms with Crippen molar-refractivity contribution in [2.75, 3.05) is 7.11 Å². The Bertz CT molecular complexity index is 1260. The van der Waals surface area contributed by atoms with Crippen molar-refractivity contribution in [1.82, 2.24) is 19.6 Å². The van der Waals surface area contributed by atoms with Crippen molar-refractivity contribution < 1.29 is 53.0 Å². The molecule has 0 atom stereocenters. The number of nitrogens with zero attached hydrogens (tertiary/aromatic N) is 4. The third-order valence-electron chi connectivity index (χ3n) is 4.41. The maximum atomic E-state index is 14.4. The molecule has 4 aromatic rings. The van der Waals surface area contributed by atoms with E-state index >= 15 is 0 Å². The van der Waals surface area contributed by atoms with Crippen LogP contribution in [0.5, 0.6) is 5.88 Å². The number of pyridine rings is 1. The van der Waals surface area contributed by atoms with Crippen molar-refractivity contribution in [1.29, 1.82) is 0 Å². The van der Waals surface area contributed by atoms with Gasteiger partial charge in [0, 0.05) is 29.5 Å². The van der Waals surface area contributed by atoms with Crippen molar-refractivity contribution in [3.63, 3.8) is 0 Å². The summed E-state index contributed by atoms with van der Waals surface area (Å²) in [5, 5.41) is 15.9. The Hall–Kier alpha value is -2.88. The fraction of sp³-hybridized carbons (Fsp3) is 0.100. The molecule has 0 spiro atoms. The van der Waals surface area contributed by atoms with E-state index in [-0.39, 0.29) is 57.7 Å². The van der Waals surface area contributed by atoms with Gasteiger partial charge in [0.25, 0.3) is 0 Å². The van der Waals surface area contributed by atoms with Gasteiger partial charge in [0.1, 0.15) is 11.6 Å². The molecule has 0 aliphatic heterocycles. The van der Waals surface area contributed by atoms with E-state index in [9.17, 15) is 18.7 Å². The SMILES string of the molecule is COc1ccc(-c2cc(C(=O)[O-])n3nc(C)c(-c4ccc(F)cc4F)c3n2)cn1.[Na+]. The second kappa shape index (κ2) is 8.47. The van der Waals surface area contributed by atoms with E-state index in [2.05, 4.69) is 15.1 Å². The Balaban J connectivity index is 0.00000256. The number of carboxylic acids is 1. The summed E-state index contributed by atoms with van der Waals surface area (Å²) in [6, 6.07) is 7.67. The fourth-order valence-corrected chi connectivity index (χ4v) is 3.08. The maximum Gasteiger partial charge on any atom is 1.00 e. The minimum absolute atomic E-state index is 0. The van der Waals surface area contributed by atoms with Crippen molar-refractivity contribution in [2.45, 2.75) is 6.92 Å². The van der Waals surface area contributed by atoms with E-state index in [0.29, 0.717) is 17.1 Å². The predicted molar refractivity (Wildman–Crippen MR) is 97.2 cm³/mol. The topological polar surface area (TPSA) is 92.4 Å². The average molecular weight is 418 g/mol. The zero-order valence-corrected chi connectivity index (χ0v) is 18.3. The van der Waals surface area contributed by atoms with E-state index in [1.165, 1.54) is 25.4 Å². The van der Waals surface area contributed by atoms with Gasteiger partial charge in [0.2, 0.25) is 5.88 Å². The van der Waals surface area contributed by atoms with Crippen molar-refractivity contribution >= 4 is 11.6 Å².